The molecule has 0 spiro atoms. The Labute approximate surface area is 85.5 Å². The van der Waals surface area contributed by atoms with Crippen LogP contribution >= 0.6 is 0 Å². The van der Waals surface area contributed by atoms with E-state index in [4.69, 9.17) is 4.74 Å². The van der Waals surface area contributed by atoms with Crippen LogP contribution in [-0.4, -0.2) is 25.7 Å². The maximum Gasteiger partial charge on any atom is 0.315 e. The summed E-state index contributed by atoms with van der Waals surface area (Å²) in [6, 6.07) is 0. The number of hydrogen-bond acceptors (Lipinski definition) is 3. The maximum absolute atomic E-state index is 11.7. The minimum atomic E-state index is -0.460. The van der Waals surface area contributed by atoms with E-state index >= 15 is 0 Å². The number of rotatable bonds is 3. The molecule has 0 bridgehead atoms. The van der Waals surface area contributed by atoms with Gasteiger partial charge in [0.05, 0.1) is 12.0 Å². The third-order valence-electron chi connectivity index (χ3n) is 2.65. The fourth-order valence-electron chi connectivity index (χ4n) is 1.63. The topological polar surface area (TPSA) is 38.3 Å². The molecule has 0 aromatic carbocycles. The summed E-state index contributed by atoms with van der Waals surface area (Å²) in [7, 11) is 0. The molecule has 0 saturated heterocycles. The van der Waals surface area contributed by atoms with Gasteiger partial charge in [0.25, 0.3) is 0 Å². The van der Waals surface area contributed by atoms with E-state index in [1.165, 1.54) is 5.57 Å². The zero-order valence-electron chi connectivity index (χ0n) is 9.22. The lowest BCUT2D eigenvalue weighted by Crippen LogP contribution is -2.33. The molecule has 0 unspecified atom stereocenters. The molecule has 80 valence electrons. The highest BCUT2D eigenvalue weighted by atomic mass is 16.5. The van der Waals surface area contributed by atoms with E-state index < -0.39 is 5.41 Å². The number of nitrogens with one attached hydrogen (secondary N) is 1. The van der Waals surface area contributed by atoms with Crippen molar-refractivity contribution in [3.05, 3.63) is 11.6 Å². The molecule has 0 aliphatic carbocycles. The van der Waals surface area contributed by atoms with E-state index in [0.717, 1.165) is 19.5 Å². The first-order chi connectivity index (χ1) is 6.59. The largest absolute Gasteiger partial charge is 0.465 e. The third-order valence-corrected chi connectivity index (χ3v) is 2.65. The summed E-state index contributed by atoms with van der Waals surface area (Å²) in [5.74, 6) is -0.117. The van der Waals surface area contributed by atoms with Gasteiger partial charge in [0, 0.05) is 6.54 Å². The van der Waals surface area contributed by atoms with Crippen LogP contribution in [0.2, 0.25) is 0 Å². The average Bonchev–Trinajstić information content (AvgIpc) is 2.19. The molecule has 0 radical (unpaired) electrons. The molecule has 0 aromatic heterocycles. The standard InChI is InChI=1S/C11H19NO2/c1-4-14-10(13)11(2,3)9-5-7-12-8-6-9/h5,12H,4,6-8H2,1-3H3. The predicted octanol–water partition coefficient (Wildman–Crippen LogP) is 1.50. The van der Waals surface area contributed by atoms with Crippen LogP contribution < -0.4 is 5.32 Å². The van der Waals surface area contributed by atoms with Gasteiger partial charge in [-0.1, -0.05) is 11.6 Å². The van der Waals surface area contributed by atoms with Crippen molar-refractivity contribution in [1.82, 2.24) is 5.32 Å². The van der Waals surface area contributed by atoms with Gasteiger partial charge in [-0.3, -0.25) is 4.79 Å². The zero-order chi connectivity index (χ0) is 10.6. The molecule has 1 aliphatic rings. The van der Waals surface area contributed by atoms with Gasteiger partial charge in [-0.2, -0.15) is 0 Å². The number of esters is 1. The highest BCUT2D eigenvalue weighted by Gasteiger charge is 2.33. The van der Waals surface area contributed by atoms with Gasteiger partial charge in [-0.25, -0.2) is 0 Å². The fraction of sp³-hybridized carbons (Fsp3) is 0.727. The molecule has 1 N–H and O–H groups in total. The molecule has 14 heavy (non-hydrogen) atoms. The van der Waals surface area contributed by atoms with Crippen LogP contribution in [0.25, 0.3) is 0 Å². The molecule has 0 amide bonds. The molecule has 3 heteroatoms. The Morgan fingerprint density at radius 3 is 2.86 bits per heavy atom. The number of ether oxygens (including phenoxy) is 1. The lowest BCUT2D eigenvalue weighted by atomic mass is 9.81. The molecule has 1 aliphatic heterocycles. The van der Waals surface area contributed by atoms with Crippen molar-refractivity contribution in [3.63, 3.8) is 0 Å². The van der Waals surface area contributed by atoms with E-state index in [-0.39, 0.29) is 5.97 Å². The molecule has 0 aromatic rings. The molecule has 1 heterocycles. The lowest BCUT2D eigenvalue weighted by Gasteiger charge is -2.28. The highest BCUT2D eigenvalue weighted by molar-refractivity contribution is 5.79. The molecular weight excluding hydrogens is 178 g/mol. The predicted molar refractivity (Wildman–Crippen MR) is 56.0 cm³/mol. The van der Waals surface area contributed by atoms with Crippen LogP contribution in [0.4, 0.5) is 0 Å². The Bertz CT molecular complexity index is 244. The Morgan fingerprint density at radius 2 is 2.36 bits per heavy atom. The zero-order valence-corrected chi connectivity index (χ0v) is 9.22. The highest BCUT2D eigenvalue weighted by Crippen LogP contribution is 2.30. The molecule has 0 fully saturated rings. The van der Waals surface area contributed by atoms with E-state index in [1.54, 1.807) is 0 Å². The van der Waals surface area contributed by atoms with Crippen LogP contribution in [0.1, 0.15) is 27.2 Å². The molecule has 0 atom stereocenters. The average molecular weight is 197 g/mol. The summed E-state index contributed by atoms with van der Waals surface area (Å²) < 4.78 is 5.06. The summed E-state index contributed by atoms with van der Waals surface area (Å²) >= 11 is 0. The SMILES string of the molecule is CCOC(=O)C(C)(C)C1=CCNCC1. The van der Waals surface area contributed by atoms with Gasteiger partial charge in [0.2, 0.25) is 0 Å². The van der Waals surface area contributed by atoms with Crippen LogP contribution in [0.3, 0.4) is 0 Å². The van der Waals surface area contributed by atoms with Gasteiger partial charge >= 0.3 is 5.97 Å². The fourth-order valence-corrected chi connectivity index (χ4v) is 1.63. The summed E-state index contributed by atoms with van der Waals surface area (Å²) in [6.45, 7) is 7.97. The summed E-state index contributed by atoms with van der Waals surface area (Å²) in [5, 5.41) is 3.23. The second-order valence-corrected chi connectivity index (χ2v) is 4.03. The van der Waals surface area contributed by atoms with Crippen molar-refractivity contribution < 1.29 is 9.53 Å². The van der Waals surface area contributed by atoms with Crippen molar-refractivity contribution in [1.29, 1.82) is 0 Å². The lowest BCUT2D eigenvalue weighted by molar-refractivity contribution is -0.151. The Morgan fingerprint density at radius 1 is 1.64 bits per heavy atom. The Balaban J connectivity index is 2.72. The summed E-state index contributed by atoms with van der Waals surface area (Å²) in [5.41, 5.74) is 0.729. The normalized spacial score (nSPS) is 17.5. The van der Waals surface area contributed by atoms with Crippen LogP contribution in [-0.2, 0) is 9.53 Å². The molecular formula is C11H19NO2. The van der Waals surface area contributed by atoms with Gasteiger partial charge in [0.1, 0.15) is 0 Å². The summed E-state index contributed by atoms with van der Waals surface area (Å²) in [4.78, 5) is 11.7. The number of hydrogen-bond donors (Lipinski definition) is 1. The maximum atomic E-state index is 11.7. The van der Waals surface area contributed by atoms with Crippen LogP contribution in [0.5, 0.6) is 0 Å². The van der Waals surface area contributed by atoms with Crippen molar-refractivity contribution in [2.45, 2.75) is 27.2 Å². The first-order valence-electron chi connectivity index (χ1n) is 5.16. The minimum Gasteiger partial charge on any atom is -0.465 e. The third kappa shape index (κ3) is 2.35. The smallest absolute Gasteiger partial charge is 0.315 e. The number of carbonyl (C=O) groups is 1. The van der Waals surface area contributed by atoms with Crippen molar-refractivity contribution in [3.8, 4) is 0 Å². The van der Waals surface area contributed by atoms with Crippen LogP contribution in [0.15, 0.2) is 11.6 Å². The molecule has 1 rings (SSSR count). The van der Waals surface area contributed by atoms with Crippen molar-refractivity contribution in [2.24, 2.45) is 5.41 Å². The molecule has 3 nitrogen and oxygen atoms in total. The quantitative estimate of drug-likeness (QED) is 0.550. The van der Waals surface area contributed by atoms with Crippen molar-refractivity contribution >= 4 is 5.97 Å². The number of carbonyl (C=O) groups excluding carboxylic acids is 1. The van der Waals surface area contributed by atoms with E-state index in [9.17, 15) is 4.79 Å². The van der Waals surface area contributed by atoms with Gasteiger partial charge in [-0.15, -0.1) is 0 Å². The van der Waals surface area contributed by atoms with E-state index in [0.29, 0.717) is 6.61 Å². The Hall–Kier alpha value is -0.830. The first kappa shape index (κ1) is 11.2. The van der Waals surface area contributed by atoms with Crippen molar-refractivity contribution in [2.75, 3.05) is 19.7 Å². The Kier molecular flexibility index (Phi) is 3.69. The van der Waals surface area contributed by atoms with Crippen LogP contribution in [0, 0.1) is 5.41 Å². The second-order valence-electron chi connectivity index (χ2n) is 4.03. The molecule has 0 saturated carbocycles. The monoisotopic (exact) mass is 197 g/mol. The van der Waals surface area contributed by atoms with Gasteiger partial charge < -0.3 is 10.1 Å². The first-order valence-corrected chi connectivity index (χ1v) is 5.16. The summed E-state index contributed by atoms with van der Waals surface area (Å²) in [6.07, 6.45) is 3.03. The van der Waals surface area contributed by atoms with Gasteiger partial charge in [0.15, 0.2) is 0 Å². The second kappa shape index (κ2) is 4.60. The van der Waals surface area contributed by atoms with E-state index in [1.807, 2.05) is 20.8 Å². The van der Waals surface area contributed by atoms with Gasteiger partial charge in [-0.05, 0) is 33.7 Å². The van der Waals surface area contributed by atoms with E-state index in [2.05, 4.69) is 11.4 Å². The minimum absolute atomic E-state index is 0.117.